The lowest BCUT2D eigenvalue weighted by Gasteiger charge is -2.24. The maximum absolute atomic E-state index is 2.37. The highest BCUT2D eigenvalue weighted by Gasteiger charge is 2.20. The number of hydrogen-bond acceptors (Lipinski definition) is 0. The van der Waals surface area contributed by atoms with Gasteiger partial charge < -0.3 is 0 Å². The van der Waals surface area contributed by atoms with E-state index in [1.54, 1.807) is 0 Å². The van der Waals surface area contributed by atoms with Crippen LogP contribution in [-0.4, -0.2) is 0 Å². The van der Waals surface area contributed by atoms with E-state index in [1.165, 1.54) is 49.0 Å². The monoisotopic (exact) mass is 334 g/mol. The number of hydrogen-bond donors (Lipinski definition) is 0. The molecule has 0 aliphatic heterocycles. The average molecular weight is 334 g/mol. The molecular formula is C26H22. The average Bonchev–Trinajstić information content (AvgIpc) is 2.65. The van der Waals surface area contributed by atoms with E-state index in [1.807, 2.05) is 0 Å². The van der Waals surface area contributed by atoms with Crippen LogP contribution in [0.4, 0.5) is 0 Å². The Morgan fingerprint density at radius 2 is 1.31 bits per heavy atom. The molecule has 0 heterocycles. The summed E-state index contributed by atoms with van der Waals surface area (Å²) in [6, 6.07) is 29.0. The van der Waals surface area contributed by atoms with Crippen molar-refractivity contribution in [1.29, 1.82) is 0 Å². The van der Waals surface area contributed by atoms with Crippen LogP contribution in [-0.2, 0) is 5.41 Å². The summed E-state index contributed by atoms with van der Waals surface area (Å²) in [5.74, 6) is 0. The van der Waals surface area contributed by atoms with Crippen molar-refractivity contribution in [3.05, 3.63) is 84.4 Å². The van der Waals surface area contributed by atoms with Gasteiger partial charge in [-0.2, -0.15) is 0 Å². The summed E-state index contributed by atoms with van der Waals surface area (Å²) in [5.41, 5.74) is 4.15. The lowest BCUT2D eigenvalue weighted by atomic mass is 9.80. The zero-order chi connectivity index (χ0) is 17.9. The molecule has 0 aliphatic carbocycles. The van der Waals surface area contributed by atoms with Crippen LogP contribution in [0.5, 0.6) is 0 Å². The fraction of sp³-hybridized carbons (Fsp3) is 0.154. The number of benzene rings is 5. The van der Waals surface area contributed by atoms with Gasteiger partial charge in [0.2, 0.25) is 0 Å². The van der Waals surface area contributed by atoms with Gasteiger partial charge in [0.15, 0.2) is 0 Å². The molecule has 0 fully saturated rings. The molecule has 0 heteroatoms. The topological polar surface area (TPSA) is 0 Å². The van der Waals surface area contributed by atoms with Crippen molar-refractivity contribution >= 4 is 32.3 Å². The second-order valence-corrected chi connectivity index (χ2v) is 8.27. The second-order valence-electron chi connectivity index (χ2n) is 8.27. The zero-order valence-electron chi connectivity index (χ0n) is 15.5. The van der Waals surface area contributed by atoms with Crippen LogP contribution in [0.25, 0.3) is 43.4 Å². The summed E-state index contributed by atoms with van der Waals surface area (Å²) < 4.78 is 0. The summed E-state index contributed by atoms with van der Waals surface area (Å²) in [5, 5.41) is 8.19. The molecule has 5 aromatic rings. The van der Waals surface area contributed by atoms with E-state index in [4.69, 9.17) is 0 Å². The summed E-state index contributed by atoms with van der Waals surface area (Å²) in [6.45, 7) is 6.90. The third-order valence-corrected chi connectivity index (χ3v) is 5.54. The summed E-state index contributed by atoms with van der Waals surface area (Å²) in [4.78, 5) is 0. The van der Waals surface area contributed by atoms with Crippen molar-refractivity contribution in [2.45, 2.75) is 26.2 Å². The van der Waals surface area contributed by atoms with Gasteiger partial charge in [-0.3, -0.25) is 0 Å². The Balaban J connectivity index is 2.01. The van der Waals surface area contributed by atoms with Gasteiger partial charge in [-0.1, -0.05) is 93.6 Å². The molecule has 26 heavy (non-hydrogen) atoms. The molecule has 0 N–H and O–H groups in total. The van der Waals surface area contributed by atoms with Gasteiger partial charge in [0, 0.05) is 0 Å². The lowest BCUT2D eigenvalue weighted by Crippen LogP contribution is -2.11. The molecule has 0 saturated heterocycles. The van der Waals surface area contributed by atoms with Gasteiger partial charge in [0.1, 0.15) is 0 Å². The Labute approximate surface area is 154 Å². The van der Waals surface area contributed by atoms with Gasteiger partial charge in [0.25, 0.3) is 0 Å². The van der Waals surface area contributed by atoms with Crippen LogP contribution < -0.4 is 0 Å². The summed E-state index contributed by atoms with van der Waals surface area (Å²) in [6.07, 6.45) is 0. The second kappa shape index (κ2) is 5.32. The van der Waals surface area contributed by atoms with Gasteiger partial charge in [0.05, 0.1) is 0 Å². The molecule has 0 atom stereocenters. The minimum Gasteiger partial charge on any atom is -0.0622 e. The third kappa shape index (κ3) is 2.15. The van der Waals surface area contributed by atoms with Gasteiger partial charge in [-0.25, -0.2) is 0 Å². The SMILES string of the molecule is CC(C)(C)c1ccc2cc(-c3ccccc3)c3cccc4ccc1c2c43. The fourth-order valence-electron chi connectivity index (χ4n) is 4.34. The first-order valence-corrected chi connectivity index (χ1v) is 9.30. The lowest BCUT2D eigenvalue weighted by molar-refractivity contribution is 0.596. The Kier molecular flexibility index (Phi) is 3.15. The van der Waals surface area contributed by atoms with E-state index in [0.29, 0.717) is 0 Å². The van der Waals surface area contributed by atoms with Crippen molar-refractivity contribution in [1.82, 2.24) is 0 Å². The maximum atomic E-state index is 2.37. The van der Waals surface area contributed by atoms with Gasteiger partial charge >= 0.3 is 0 Å². The standard InChI is InChI=1S/C26H22/c1-26(2,3)23-15-13-19-16-22(17-8-5-4-6-9-17)20-11-7-10-18-12-14-21(23)25(19)24(18)20/h4-16H,1-3H3. The molecule has 0 saturated carbocycles. The van der Waals surface area contributed by atoms with Gasteiger partial charge in [-0.15, -0.1) is 0 Å². The zero-order valence-corrected chi connectivity index (χ0v) is 15.5. The van der Waals surface area contributed by atoms with Gasteiger partial charge in [-0.05, 0) is 60.5 Å². The molecule has 0 spiro atoms. The third-order valence-electron chi connectivity index (χ3n) is 5.54. The highest BCUT2D eigenvalue weighted by atomic mass is 14.2. The predicted molar refractivity (Wildman–Crippen MR) is 114 cm³/mol. The van der Waals surface area contributed by atoms with Crippen molar-refractivity contribution in [3.63, 3.8) is 0 Å². The van der Waals surface area contributed by atoms with E-state index in [9.17, 15) is 0 Å². The molecule has 0 radical (unpaired) electrons. The first-order valence-electron chi connectivity index (χ1n) is 9.30. The predicted octanol–water partition coefficient (Wildman–Crippen LogP) is 7.55. The van der Waals surface area contributed by atoms with Crippen molar-refractivity contribution in [2.75, 3.05) is 0 Å². The van der Waals surface area contributed by atoms with Crippen LogP contribution in [0.1, 0.15) is 26.3 Å². The first kappa shape index (κ1) is 15.4. The fourth-order valence-corrected chi connectivity index (χ4v) is 4.34. The summed E-state index contributed by atoms with van der Waals surface area (Å²) >= 11 is 0. The van der Waals surface area contributed by atoms with E-state index < -0.39 is 0 Å². The molecule has 0 aromatic heterocycles. The van der Waals surface area contributed by atoms with E-state index >= 15 is 0 Å². The smallest absolute Gasteiger partial charge is 0.00205 e. The molecule has 0 bridgehead atoms. The molecule has 5 aromatic carbocycles. The Morgan fingerprint density at radius 3 is 2.08 bits per heavy atom. The van der Waals surface area contributed by atoms with Crippen molar-refractivity contribution in [2.24, 2.45) is 0 Å². The van der Waals surface area contributed by atoms with E-state index in [-0.39, 0.29) is 5.41 Å². The molecule has 0 nitrogen and oxygen atoms in total. The van der Waals surface area contributed by atoms with Crippen LogP contribution in [0.2, 0.25) is 0 Å². The van der Waals surface area contributed by atoms with Crippen LogP contribution in [0.3, 0.4) is 0 Å². The molecule has 0 amide bonds. The Bertz CT molecular complexity index is 1240. The molecule has 126 valence electrons. The highest BCUT2D eigenvalue weighted by molar-refractivity contribution is 6.26. The minimum absolute atomic E-state index is 0.130. The van der Waals surface area contributed by atoms with Crippen LogP contribution in [0.15, 0.2) is 78.9 Å². The Morgan fingerprint density at radius 1 is 0.577 bits per heavy atom. The largest absolute Gasteiger partial charge is 0.0622 e. The minimum atomic E-state index is 0.130. The molecule has 5 rings (SSSR count). The van der Waals surface area contributed by atoms with Crippen LogP contribution in [0, 0.1) is 0 Å². The van der Waals surface area contributed by atoms with E-state index in [2.05, 4.69) is 99.6 Å². The first-order chi connectivity index (χ1) is 12.5. The van der Waals surface area contributed by atoms with Crippen molar-refractivity contribution in [3.8, 4) is 11.1 Å². The van der Waals surface area contributed by atoms with E-state index in [0.717, 1.165) is 0 Å². The summed E-state index contributed by atoms with van der Waals surface area (Å²) in [7, 11) is 0. The van der Waals surface area contributed by atoms with Crippen LogP contribution >= 0.6 is 0 Å². The quantitative estimate of drug-likeness (QED) is 0.278. The highest BCUT2D eigenvalue weighted by Crippen LogP contribution is 2.42. The maximum Gasteiger partial charge on any atom is -0.00205 e. The van der Waals surface area contributed by atoms with Crippen molar-refractivity contribution < 1.29 is 0 Å². The molecular weight excluding hydrogens is 312 g/mol. The Hall–Kier alpha value is -2.86. The number of rotatable bonds is 1. The molecule has 0 aliphatic rings. The normalized spacial score (nSPS) is 12.4. The molecule has 0 unspecified atom stereocenters.